The molecular weight excluding hydrogens is 328 g/mol. The van der Waals surface area contributed by atoms with Crippen LogP contribution in [0.15, 0.2) is 24.5 Å². The van der Waals surface area contributed by atoms with E-state index < -0.39 is 5.97 Å². The van der Waals surface area contributed by atoms with Gasteiger partial charge in [0.1, 0.15) is 5.15 Å². The minimum atomic E-state index is -0.974. The molecule has 4 rings (SSSR count). The largest absolute Gasteiger partial charge is 0.478 e. The van der Waals surface area contributed by atoms with Crippen LogP contribution < -0.4 is 0 Å². The molecule has 3 aromatic rings. The molecule has 3 heterocycles. The van der Waals surface area contributed by atoms with E-state index in [-0.39, 0.29) is 11.5 Å². The van der Waals surface area contributed by atoms with Crippen LogP contribution in [-0.4, -0.2) is 30.8 Å². The van der Waals surface area contributed by atoms with Crippen LogP contribution in [0, 0.1) is 0 Å². The Labute approximate surface area is 143 Å². The summed E-state index contributed by atoms with van der Waals surface area (Å²) in [4.78, 5) is 20.7. The Balaban J connectivity index is 2.13. The molecule has 0 atom stereocenters. The minimum absolute atomic E-state index is 0.205. The predicted molar refractivity (Wildman–Crippen MR) is 90.4 cm³/mol. The third kappa shape index (κ3) is 2.34. The van der Waals surface area contributed by atoms with Gasteiger partial charge in [-0.05, 0) is 37.5 Å². The monoisotopic (exact) mass is 342 g/mol. The first-order chi connectivity index (χ1) is 11.6. The van der Waals surface area contributed by atoms with Crippen molar-refractivity contribution in [3.8, 4) is 11.1 Å². The lowest BCUT2D eigenvalue weighted by Gasteiger charge is -2.13. The van der Waals surface area contributed by atoms with Gasteiger partial charge in [-0.3, -0.25) is 0 Å². The van der Waals surface area contributed by atoms with Crippen LogP contribution >= 0.6 is 11.6 Å². The highest BCUT2D eigenvalue weighted by atomic mass is 35.5. The Morgan fingerprint density at radius 3 is 2.88 bits per heavy atom. The van der Waals surface area contributed by atoms with Gasteiger partial charge in [0.15, 0.2) is 5.65 Å². The molecule has 0 amide bonds. The van der Waals surface area contributed by atoms with E-state index >= 15 is 0 Å². The number of hydrogen-bond acceptors (Lipinski definition) is 4. The molecule has 0 bridgehead atoms. The third-order valence-electron chi connectivity index (χ3n) is 4.31. The van der Waals surface area contributed by atoms with Crippen LogP contribution in [0.1, 0.15) is 41.7 Å². The van der Waals surface area contributed by atoms with Crippen LogP contribution in [-0.2, 0) is 6.54 Å². The molecule has 0 unspecified atom stereocenters. The summed E-state index contributed by atoms with van der Waals surface area (Å²) < 4.78 is 1.79. The van der Waals surface area contributed by atoms with E-state index in [4.69, 9.17) is 11.6 Å². The Kier molecular flexibility index (Phi) is 3.49. The Morgan fingerprint density at radius 2 is 2.25 bits per heavy atom. The number of hydrogen-bond donors (Lipinski definition) is 1. The topological polar surface area (TPSA) is 80.9 Å². The zero-order valence-electron chi connectivity index (χ0n) is 13.0. The van der Waals surface area contributed by atoms with Gasteiger partial charge in [-0.15, -0.1) is 0 Å². The summed E-state index contributed by atoms with van der Waals surface area (Å²) in [6.07, 6.45) is 5.19. The van der Waals surface area contributed by atoms with E-state index in [1.54, 1.807) is 29.2 Å². The van der Waals surface area contributed by atoms with Crippen molar-refractivity contribution in [2.75, 3.05) is 0 Å². The average molecular weight is 343 g/mol. The molecule has 0 aliphatic heterocycles. The number of rotatable bonds is 4. The van der Waals surface area contributed by atoms with Gasteiger partial charge in [0, 0.05) is 29.6 Å². The number of fused-ring (bicyclic) bond motifs is 1. The van der Waals surface area contributed by atoms with Gasteiger partial charge in [-0.2, -0.15) is 5.10 Å². The summed E-state index contributed by atoms with van der Waals surface area (Å²) in [6, 6.07) is 3.45. The van der Waals surface area contributed by atoms with Crippen molar-refractivity contribution in [1.29, 1.82) is 0 Å². The number of carboxylic acids is 1. The number of pyridine rings is 2. The fourth-order valence-corrected chi connectivity index (χ4v) is 3.24. The number of halogens is 1. The van der Waals surface area contributed by atoms with Crippen LogP contribution in [0.4, 0.5) is 0 Å². The maximum Gasteiger partial charge on any atom is 0.338 e. The van der Waals surface area contributed by atoms with Gasteiger partial charge in [0.2, 0.25) is 0 Å². The lowest BCUT2D eigenvalue weighted by Crippen LogP contribution is -2.09. The van der Waals surface area contributed by atoms with Crippen molar-refractivity contribution >= 4 is 28.6 Å². The van der Waals surface area contributed by atoms with Crippen LogP contribution in [0.25, 0.3) is 22.2 Å². The number of carbonyl (C=O) groups is 1. The number of aromatic nitrogens is 4. The van der Waals surface area contributed by atoms with E-state index in [9.17, 15) is 9.90 Å². The first-order valence-electron chi connectivity index (χ1n) is 7.84. The van der Waals surface area contributed by atoms with E-state index in [0.29, 0.717) is 28.6 Å². The van der Waals surface area contributed by atoms with Gasteiger partial charge in [0.25, 0.3) is 0 Å². The summed E-state index contributed by atoms with van der Waals surface area (Å²) >= 11 is 6.03. The third-order valence-corrected chi connectivity index (χ3v) is 4.51. The summed E-state index contributed by atoms with van der Waals surface area (Å²) in [6.45, 7) is 2.66. The van der Waals surface area contributed by atoms with Crippen LogP contribution in [0.5, 0.6) is 0 Å². The van der Waals surface area contributed by atoms with Gasteiger partial charge in [0.05, 0.1) is 17.5 Å². The maximum absolute atomic E-state index is 12.0. The molecule has 24 heavy (non-hydrogen) atoms. The molecule has 1 N–H and O–H groups in total. The lowest BCUT2D eigenvalue weighted by atomic mass is 9.95. The molecule has 1 aliphatic carbocycles. The minimum Gasteiger partial charge on any atom is -0.478 e. The summed E-state index contributed by atoms with van der Waals surface area (Å²) in [5, 5.41) is 15.3. The van der Waals surface area contributed by atoms with Crippen molar-refractivity contribution in [3.63, 3.8) is 0 Å². The van der Waals surface area contributed by atoms with Crippen molar-refractivity contribution < 1.29 is 9.90 Å². The summed E-state index contributed by atoms with van der Waals surface area (Å²) in [7, 11) is 0. The highest BCUT2D eigenvalue weighted by molar-refractivity contribution is 6.29. The van der Waals surface area contributed by atoms with Crippen molar-refractivity contribution in [3.05, 3.63) is 40.9 Å². The second-order valence-corrected chi connectivity index (χ2v) is 6.28. The molecule has 0 saturated heterocycles. The average Bonchev–Trinajstić information content (AvgIpc) is 3.33. The van der Waals surface area contributed by atoms with Gasteiger partial charge >= 0.3 is 5.97 Å². The summed E-state index contributed by atoms with van der Waals surface area (Å²) in [5.74, 6) is -0.768. The van der Waals surface area contributed by atoms with E-state index in [0.717, 1.165) is 23.8 Å². The molecular formula is C17H15ClN4O2. The Hall–Kier alpha value is -2.47. The van der Waals surface area contributed by atoms with Gasteiger partial charge in [-0.1, -0.05) is 11.6 Å². The molecule has 1 aliphatic rings. The van der Waals surface area contributed by atoms with Crippen molar-refractivity contribution in [1.82, 2.24) is 19.7 Å². The second kappa shape index (κ2) is 5.56. The highest BCUT2D eigenvalue weighted by Crippen LogP contribution is 2.44. The molecule has 0 aromatic carbocycles. The van der Waals surface area contributed by atoms with Gasteiger partial charge < -0.3 is 5.11 Å². The Morgan fingerprint density at radius 1 is 1.46 bits per heavy atom. The predicted octanol–water partition coefficient (Wildman–Crippen LogP) is 3.74. The smallest absolute Gasteiger partial charge is 0.338 e. The molecule has 7 heteroatoms. The quantitative estimate of drug-likeness (QED) is 0.730. The van der Waals surface area contributed by atoms with Crippen LogP contribution in [0.3, 0.4) is 0 Å². The molecule has 0 radical (unpaired) electrons. The normalized spacial score (nSPS) is 14.2. The number of aryl methyl sites for hydroxylation is 1. The fraction of sp³-hybridized carbons (Fsp3) is 0.294. The first kappa shape index (κ1) is 15.1. The van der Waals surface area contributed by atoms with E-state index in [2.05, 4.69) is 15.1 Å². The molecule has 1 saturated carbocycles. The van der Waals surface area contributed by atoms with Crippen molar-refractivity contribution in [2.24, 2.45) is 0 Å². The lowest BCUT2D eigenvalue weighted by molar-refractivity contribution is 0.0696. The summed E-state index contributed by atoms with van der Waals surface area (Å²) in [5.41, 5.74) is 2.96. The maximum atomic E-state index is 12.0. The highest BCUT2D eigenvalue weighted by Gasteiger charge is 2.33. The van der Waals surface area contributed by atoms with Crippen molar-refractivity contribution in [2.45, 2.75) is 32.2 Å². The van der Waals surface area contributed by atoms with Crippen LogP contribution in [0.2, 0.25) is 5.15 Å². The number of nitrogens with zero attached hydrogens (tertiary/aromatic N) is 4. The first-order valence-corrected chi connectivity index (χ1v) is 8.22. The zero-order chi connectivity index (χ0) is 16.8. The molecule has 3 aromatic heterocycles. The standard InChI is InChI=1S/C17H15ClN4O2/c1-2-22-16-11(8-20-22)13(10-5-6-19-12(18)7-10)14(17(23)24)15(21-16)9-3-4-9/h5-9H,2-4H2,1H3,(H,23,24). The SMILES string of the molecule is CCn1ncc2c(-c3ccnc(Cl)c3)c(C(=O)O)c(C3CC3)nc21. The molecule has 1 fully saturated rings. The molecule has 122 valence electrons. The zero-order valence-corrected chi connectivity index (χ0v) is 13.8. The second-order valence-electron chi connectivity index (χ2n) is 5.89. The number of aromatic carboxylic acids is 1. The molecule has 0 spiro atoms. The fourth-order valence-electron chi connectivity index (χ4n) is 3.06. The number of carboxylic acid groups (broad SMARTS) is 1. The Bertz CT molecular complexity index is 963. The molecule has 6 nitrogen and oxygen atoms in total. The van der Waals surface area contributed by atoms with E-state index in [1.807, 2.05) is 6.92 Å². The van der Waals surface area contributed by atoms with E-state index in [1.165, 1.54) is 0 Å². The van der Waals surface area contributed by atoms with Gasteiger partial charge in [-0.25, -0.2) is 19.4 Å².